The molecule has 0 atom stereocenters. The summed E-state index contributed by atoms with van der Waals surface area (Å²) in [5.74, 6) is -2.59. The van der Waals surface area contributed by atoms with E-state index in [4.69, 9.17) is 5.11 Å². The number of aromatic carboxylic acids is 1. The summed E-state index contributed by atoms with van der Waals surface area (Å²) in [6, 6.07) is 2.90. The van der Waals surface area contributed by atoms with Gasteiger partial charge in [0.1, 0.15) is 0 Å². The lowest BCUT2D eigenvalue weighted by molar-refractivity contribution is 0.0696. The zero-order valence-electron chi connectivity index (χ0n) is 7.69. The van der Waals surface area contributed by atoms with Gasteiger partial charge in [-0.25, -0.2) is 14.0 Å². The fraction of sp³-hybridized carbons (Fsp3) is 0.111. The Hall–Kier alpha value is -2.11. The third-order valence-electron chi connectivity index (χ3n) is 1.54. The number of halogens is 1. The van der Waals surface area contributed by atoms with Crippen molar-refractivity contribution < 1.29 is 28.6 Å². The van der Waals surface area contributed by atoms with Gasteiger partial charge in [0.25, 0.3) is 0 Å². The van der Waals surface area contributed by atoms with E-state index < -0.39 is 17.9 Å². The van der Waals surface area contributed by atoms with Crippen molar-refractivity contribution >= 4 is 12.1 Å². The minimum Gasteiger partial charge on any atom is -0.478 e. The molecule has 1 aromatic carbocycles. The number of ether oxygens (including phenoxy) is 2. The Morgan fingerprint density at radius 3 is 2.53 bits per heavy atom. The van der Waals surface area contributed by atoms with Crippen LogP contribution >= 0.6 is 0 Å². The molecule has 1 N–H and O–H groups in total. The van der Waals surface area contributed by atoms with Crippen molar-refractivity contribution in [2.45, 2.75) is 0 Å². The van der Waals surface area contributed by atoms with Crippen LogP contribution in [-0.2, 0) is 4.74 Å². The molecule has 0 saturated carbocycles. The minimum absolute atomic E-state index is 0.232. The molecule has 0 unspecified atom stereocenters. The molecule has 15 heavy (non-hydrogen) atoms. The van der Waals surface area contributed by atoms with E-state index in [1.807, 2.05) is 0 Å². The fourth-order valence-electron chi connectivity index (χ4n) is 0.848. The zero-order valence-corrected chi connectivity index (χ0v) is 7.69. The van der Waals surface area contributed by atoms with Crippen molar-refractivity contribution in [3.8, 4) is 5.75 Å². The van der Waals surface area contributed by atoms with Gasteiger partial charge in [0.05, 0.1) is 12.7 Å². The number of carbonyl (C=O) groups excluding carboxylic acids is 1. The summed E-state index contributed by atoms with van der Waals surface area (Å²) in [6.45, 7) is 0. The lowest BCUT2D eigenvalue weighted by atomic mass is 10.2. The SMILES string of the molecule is COC(=O)Oc1ccc(C(=O)O)cc1F. The average molecular weight is 214 g/mol. The Kier molecular flexibility index (Phi) is 3.22. The predicted octanol–water partition coefficient (Wildman–Crippen LogP) is 1.67. The third-order valence-corrected chi connectivity index (χ3v) is 1.54. The van der Waals surface area contributed by atoms with Crippen LogP contribution in [0.4, 0.5) is 9.18 Å². The highest BCUT2D eigenvalue weighted by Gasteiger charge is 2.12. The second-order valence-corrected chi connectivity index (χ2v) is 2.51. The molecule has 0 saturated heterocycles. The highest BCUT2D eigenvalue weighted by molar-refractivity contribution is 5.87. The van der Waals surface area contributed by atoms with Crippen LogP contribution in [0.2, 0.25) is 0 Å². The lowest BCUT2D eigenvalue weighted by Gasteiger charge is -2.03. The van der Waals surface area contributed by atoms with Crippen LogP contribution in [0, 0.1) is 5.82 Å². The van der Waals surface area contributed by atoms with Gasteiger partial charge in [0.2, 0.25) is 0 Å². The second-order valence-electron chi connectivity index (χ2n) is 2.51. The molecule has 0 radical (unpaired) electrons. The summed E-state index contributed by atoms with van der Waals surface area (Å²) in [7, 11) is 1.08. The topological polar surface area (TPSA) is 72.8 Å². The number of carboxylic acids is 1. The smallest absolute Gasteiger partial charge is 0.478 e. The Morgan fingerprint density at radius 2 is 2.07 bits per heavy atom. The molecule has 0 aliphatic carbocycles. The molecule has 80 valence electrons. The normalized spacial score (nSPS) is 9.47. The van der Waals surface area contributed by atoms with E-state index in [-0.39, 0.29) is 11.3 Å². The molecule has 0 fully saturated rings. The summed E-state index contributed by atoms with van der Waals surface area (Å²) >= 11 is 0. The lowest BCUT2D eigenvalue weighted by Crippen LogP contribution is -2.09. The summed E-state index contributed by atoms with van der Waals surface area (Å²) in [5, 5.41) is 8.53. The van der Waals surface area contributed by atoms with Gasteiger partial charge in [0.15, 0.2) is 11.6 Å². The van der Waals surface area contributed by atoms with Crippen LogP contribution in [-0.4, -0.2) is 24.3 Å². The van der Waals surface area contributed by atoms with Crippen molar-refractivity contribution in [2.75, 3.05) is 7.11 Å². The largest absolute Gasteiger partial charge is 0.513 e. The minimum atomic E-state index is -1.27. The predicted molar refractivity (Wildman–Crippen MR) is 46.4 cm³/mol. The van der Waals surface area contributed by atoms with Crippen LogP contribution < -0.4 is 4.74 Å². The van der Waals surface area contributed by atoms with Crippen LogP contribution in [0.3, 0.4) is 0 Å². The van der Waals surface area contributed by atoms with Gasteiger partial charge in [-0.2, -0.15) is 0 Å². The standard InChI is InChI=1S/C9H7FO5/c1-14-9(13)15-7-3-2-5(8(11)12)4-6(7)10/h2-4H,1H3,(H,11,12). The maximum absolute atomic E-state index is 13.1. The van der Waals surface area contributed by atoms with Crippen molar-refractivity contribution in [1.29, 1.82) is 0 Å². The molecule has 6 heteroatoms. The molecule has 0 aliphatic rings. The number of carbonyl (C=O) groups is 2. The average Bonchev–Trinajstić information content (AvgIpc) is 2.20. The van der Waals surface area contributed by atoms with E-state index in [0.717, 1.165) is 25.3 Å². The maximum atomic E-state index is 13.1. The number of rotatable bonds is 2. The van der Waals surface area contributed by atoms with E-state index in [2.05, 4.69) is 9.47 Å². The van der Waals surface area contributed by atoms with Gasteiger partial charge in [0, 0.05) is 0 Å². The molecular weight excluding hydrogens is 207 g/mol. The van der Waals surface area contributed by atoms with E-state index in [0.29, 0.717) is 0 Å². The first-order chi connectivity index (χ1) is 7.04. The summed E-state index contributed by atoms with van der Waals surface area (Å²) in [5.41, 5.74) is -0.232. The molecular formula is C9H7FO5. The fourth-order valence-corrected chi connectivity index (χ4v) is 0.848. The molecule has 0 bridgehead atoms. The Balaban J connectivity index is 2.93. The van der Waals surface area contributed by atoms with Crippen LogP contribution in [0.15, 0.2) is 18.2 Å². The number of methoxy groups -OCH3 is 1. The highest BCUT2D eigenvalue weighted by atomic mass is 19.1. The first-order valence-corrected chi connectivity index (χ1v) is 3.83. The Morgan fingerprint density at radius 1 is 1.40 bits per heavy atom. The van der Waals surface area contributed by atoms with Crippen LogP contribution in [0.1, 0.15) is 10.4 Å². The zero-order chi connectivity index (χ0) is 11.4. The van der Waals surface area contributed by atoms with Crippen molar-refractivity contribution in [1.82, 2.24) is 0 Å². The second kappa shape index (κ2) is 4.41. The summed E-state index contributed by atoms with van der Waals surface area (Å²) in [4.78, 5) is 21.1. The van der Waals surface area contributed by atoms with Crippen LogP contribution in [0.5, 0.6) is 5.75 Å². The Labute approximate surface area is 84.0 Å². The highest BCUT2D eigenvalue weighted by Crippen LogP contribution is 2.18. The van der Waals surface area contributed by atoms with E-state index in [1.54, 1.807) is 0 Å². The van der Waals surface area contributed by atoms with Gasteiger partial charge in [-0.15, -0.1) is 0 Å². The van der Waals surface area contributed by atoms with Gasteiger partial charge >= 0.3 is 12.1 Å². The molecule has 1 rings (SSSR count). The molecule has 5 nitrogen and oxygen atoms in total. The molecule has 0 amide bonds. The number of hydrogen-bond donors (Lipinski definition) is 1. The number of benzene rings is 1. The van der Waals surface area contributed by atoms with Crippen molar-refractivity contribution in [2.24, 2.45) is 0 Å². The van der Waals surface area contributed by atoms with E-state index >= 15 is 0 Å². The number of carboxylic acid groups (broad SMARTS) is 1. The van der Waals surface area contributed by atoms with Crippen molar-refractivity contribution in [3.05, 3.63) is 29.6 Å². The Bertz CT molecular complexity index is 401. The molecule has 0 heterocycles. The molecule has 1 aromatic rings. The van der Waals surface area contributed by atoms with Crippen molar-refractivity contribution in [3.63, 3.8) is 0 Å². The molecule has 0 aromatic heterocycles. The monoisotopic (exact) mass is 214 g/mol. The number of hydrogen-bond acceptors (Lipinski definition) is 4. The van der Waals surface area contributed by atoms with Gasteiger partial charge in [-0.3, -0.25) is 0 Å². The summed E-state index contributed by atoms with van der Waals surface area (Å²) < 4.78 is 21.7. The quantitative estimate of drug-likeness (QED) is 0.598. The first-order valence-electron chi connectivity index (χ1n) is 3.83. The summed E-state index contributed by atoms with van der Waals surface area (Å²) in [6.07, 6.45) is -1.07. The van der Waals surface area contributed by atoms with Gasteiger partial charge in [-0.1, -0.05) is 0 Å². The third kappa shape index (κ3) is 2.67. The molecule has 0 aliphatic heterocycles. The van der Waals surface area contributed by atoms with E-state index in [9.17, 15) is 14.0 Å². The van der Waals surface area contributed by atoms with Gasteiger partial charge in [-0.05, 0) is 18.2 Å². The molecule has 0 spiro atoms. The van der Waals surface area contributed by atoms with E-state index in [1.165, 1.54) is 0 Å². The van der Waals surface area contributed by atoms with Crippen LogP contribution in [0.25, 0.3) is 0 Å². The van der Waals surface area contributed by atoms with Gasteiger partial charge < -0.3 is 14.6 Å². The maximum Gasteiger partial charge on any atom is 0.513 e. The first kappa shape index (κ1) is 11.0.